The third-order valence-corrected chi connectivity index (χ3v) is 8.16. The monoisotopic (exact) mass is 552 g/mol. The Hall–Kier alpha value is -2.92. The first kappa shape index (κ1) is 27.6. The quantitative estimate of drug-likeness (QED) is 0.378. The number of methoxy groups -OCH3 is 1. The molecular weight excluding hydrogens is 515 g/mol. The number of hydrogen-bond acceptors (Lipinski definition) is 9. The van der Waals surface area contributed by atoms with Crippen LogP contribution in [0.2, 0.25) is 0 Å². The van der Waals surface area contributed by atoms with Crippen molar-refractivity contribution < 1.29 is 13.9 Å². The topological polar surface area (TPSA) is 66.0 Å². The summed E-state index contributed by atoms with van der Waals surface area (Å²) in [6.07, 6.45) is 5.35. The van der Waals surface area contributed by atoms with Gasteiger partial charge in [-0.1, -0.05) is 12.1 Å². The second kappa shape index (κ2) is 13.0. The molecule has 0 radical (unpaired) electrons. The average molecular weight is 553 g/mol. The van der Waals surface area contributed by atoms with E-state index in [1.54, 1.807) is 25.6 Å². The molecule has 208 valence electrons. The molecule has 0 amide bonds. The van der Waals surface area contributed by atoms with Gasteiger partial charge in [-0.05, 0) is 49.6 Å². The molecule has 3 aromatic rings. The van der Waals surface area contributed by atoms with Crippen LogP contribution in [-0.2, 0) is 11.3 Å². The highest BCUT2D eigenvalue weighted by atomic mass is 32.2. The maximum absolute atomic E-state index is 15.1. The van der Waals surface area contributed by atoms with Gasteiger partial charge in [0.25, 0.3) is 0 Å². The number of morpholine rings is 1. The molecule has 39 heavy (non-hydrogen) atoms. The number of anilines is 2. The van der Waals surface area contributed by atoms with Gasteiger partial charge in [0, 0.05) is 69.2 Å². The third-order valence-electron chi connectivity index (χ3n) is 7.31. The van der Waals surface area contributed by atoms with E-state index in [0.717, 1.165) is 72.2 Å². The predicted molar refractivity (Wildman–Crippen MR) is 155 cm³/mol. The Labute approximate surface area is 234 Å². The van der Waals surface area contributed by atoms with Gasteiger partial charge in [0.2, 0.25) is 5.88 Å². The van der Waals surface area contributed by atoms with Crippen LogP contribution in [-0.4, -0.2) is 85.4 Å². The zero-order valence-corrected chi connectivity index (χ0v) is 23.7. The Morgan fingerprint density at radius 3 is 2.51 bits per heavy atom. The number of rotatable bonds is 9. The van der Waals surface area contributed by atoms with Crippen molar-refractivity contribution in [2.24, 2.45) is 0 Å². The van der Waals surface area contributed by atoms with Crippen LogP contribution >= 0.6 is 11.9 Å². The molecule has 2 aliphatic rings. The molecule has 0 unspecified atom stereocenters. The Morgan fingerprint density at radius 2 is 1.79 bits per heavy atom. The van der Waals surface area contributed by atoms with Gasteiger partial charge >= 0.3 is 0 Å². The molecule has 10 heteroatoms. The Morgan fingerprint density at radius 1 is 1.00 bits per heavy atom. The molecule has 2 aromatic heterocycles. The van der Waals surface area contributed by atoms with Crippen molar-refractivity contribution in [1.82, 2.24) is 19.8 Å². The van der Waals surface area contributed by atoms with Crippen LogP contribution in [0.3, 0.4) is 0 Å². The first-order valence-electron chi connectivity index (χ1n) is 13.5. The van der Waals surface area contributed by atoms with Crippen LogP contribution in [0.15, 0.2) is 53.8 Å². The van der Waals surface area contributed by atoms with Crippen molar-refractivity contribution in [1.29, 1.82) is 0 Å². The summed E-state index contributed by atoms with van der Waals surface area (Å²) in [5.41, 5.74) is 4.23. The first-order chi connectivity index (χ1) is 19.0. The summed E-state index contributed by atoms with van der Waals surface area (Å²) in [7, 11) is 1.62. The number of nitrogens with one attached hydrogen (secondary N) is 1. The lowest BCUT2D eigenvalue weighted by Gasteiger charge is -2.37. The minimum absolute atomic E-state index is 0.178. The second-order valence-corrected chi connectivity index (χ2v) is 11.0. The highest BCUT2D eigenvalue weighted by Crippen LogP contribution is 2.33. The van der Waals surface area contributed by atoms with Crippen molar-refractivity contribution in [2.75, 3.05) is 69.2 Å². The van der Waals surface area contributed by atoms with Gasteiger partial charge in [-0.15, -0.1) is 0 Å². The van der Waals surface area contributed by atoms with Gasteiger partial charge in [-0.2, -0.15) is 0 Å². The highest BCUT2D eigenvalue weighted by molar-refractivity contribution is 8.00. The van der Waals surface area contributed by atoms with E-state index < -0.39 is 0 Å². The van der Waals surface area contributed by atoms with Crippen molar-refractivity contribution in [3.63, 3.8) is 0 Å². The zero-order chi connectivity index (χ0) is 27.2. The molecule has 1 N–H and O–H groups in total. The third kappa shape index (κ3) is 7.00. The number of aromatic nitrogens is 2. The van der Waals surface area contributed by atoms with Gasteiger partial charge in [0.15, 0.2) is 0 Å². The van der Waals surface area contributed by atoms with Gasteiger partial charge in [0.1, 0.15) is 5.82 Å². The van der Waals surface area contributed by atoms with Gasteiger partial charge in [-0.25, -0.2) is 9.37 Å². The van der Waals surface area contributed by atoms with Crippen LogP contribution in [0.4, 0.5) is 15.8 Å². The van der Waals surface area contributed by atoms with Crippen molar-refractivity contribution in [2.45, 2.75) is 31.3 Å². The van der Waals surface area contributed by atoms with Crippen molar-refractivity contribution in [3.05, 3.63) is 60.3 Å². The van der Waals surface area contributed by atoms with E-state index in [1.807, 2.05) is 24.4 Å². The number of halogens is 1. The minimum Gasteiger partial charge on any atom is -0.480 e. The SMILES string of the molecule is COc1ncc(N2CCOCC2)cc1SNc1cncc(-c2ccc(CN3CCN(C(C)C)CC3)c(F)c2)c1. The smallest absolute Gasteiger partial charge is 0.229 e. The molecule has 2 saturated heterocycles. The van der Waals surface area contributed by atoms with E-state index in [4.69, 9.17) is 9.47 Å². The van der Waals surface area contributed by atoms with Crippen LogP contribution in [0.1, 0.15) is 19.4 Å². The molecular formula is C29H37FN6O2S. The number of nitrogens with zero attached hydrogens (tertiary/aromatic N) is 5. The molecule has 8 nitrogen and oxygen atoms in total. The summed E-state index contributed by atoms with van der Waals surface area (Å²) in [6, 6.07) is 10.1. The van der Waals surface area contributed by atoms with E-state index in [9.17, 15) is 0 Å². The van der Waals surface area contributed by atoms with Gasteiger partial charge in [-0.3, -0.25) is 14.8 Å². The normalized spacial score (nSPS) is 17.0. The lowest BCUT2D eigenvalue weighted by molar-refractivity contribution is 0.103. The fourth-order valence-corrected chi connectivity index (χ4v) is 5.69. The molecule has 0 spiro atoms. The van der Waals surface area contributed by atoms with Gasteiger partial charge < -0.3 is 19.1 Å². The Bertz CT molecular complexity index is 1250. The molecule has 0 atom stereocenters. The number of benzene rings is 1. The van der Waals surface area contributed by atoms with Crippen LogP contribution in [0.5, 0.6) is 5.88 Å². The molecule has 0 saturated carbocycles. The predicted octanol–water partition coefficient (Wildman–Crippen LogP) is 4.77. The second-order valence-electron chi connectivity index (χ2n) is 10.2. The van der Waals surface area contributed by atoms with Gasteiger partial charge in [0.05, 0.1) is 49.0 Å². The molecule has 0 aliphatic carbocycles. The lowest BCUT2D eigenvalue weighted by atomic mass is 10.0. The summed E-state index contributed by atoms with van der Waals surface area (Å²) in [5.74, 6) is 0.374. The average Bonchev–Trinajstić information content (AvgIpc) is 2.98. The maximum atomic E-state index is 15.1. The fourth-order valence-electron chi connectivity index (χ4n) is 4.94. The standard InChI is InChI=1S/C29H37FN6O2S/c1-21(2)35-8-6-34(7-9-35)20-23-5-4-22(15-27(23)30)24-14-25(18-31-17-24)33-39-28-16-26(19-32-29(28)37-3)36-10-12-38-13-11-36/h4-5,14-19,21,33H,6-13,20H2,1-3H3. The van der Waals surface area contributed by atoms with Crippen LogP contribution < -0.4 is 14.4 Å². The van der Waals surface area contributed by atoms with E-state index in [-0.39, 0.29) is 5.82 Å². The summed E-state index contributed by atoms with van der Waals surface area (Å²) in [6.45, 7) is 12.2. The molecule has 4 heterocycles. The lowest BCUT2D eigenvalue weighted by Crippen LogP contribution is -2.48. The van der Waals surface area contributed by atoms with Crippen LogP contribution in [0, 0.1) is 5.82 Å². The fraction of sp³-hybridized carbons (Fsp3) is 0.448. The molecule has 2 aliphatic heterocycles. The summed E-state index contributed by atoms with van der Waals surface area (Å²) in [4.78, 5) is 16.8. The number of ether oxygens (including phenoxy) is 2. The van der Waals surface area contributed by atoms with E-state index >= 15 is 4.39 Å². The summed E-state index contributed by atoms with van der Waals surface area (Å²) >= 11 is 1.42. The molecule has 5 rings (SSSR count). The molecule has 0 bridgehead atoms. The van der Waals surface area contributed by atoms with Crippen molar-refractivity contribution >= 4 is 23.3 Å². The van der Waals surface area contributed by atoms with E-state index in [1.165, 1.54) is 11.9 Å². The largest absolute Gasteiger partial charge is 0.480 e. The maximum Gasteiger partial charge on any atom is 0.229 e. The minimum atomic E-state index is -0.178. The van der Waals surface area contributed by atoms with E-state index in [0.29, 0.717) is 31.7 Å². The van der Waals surface area contributed by atoms with E-state index in [2.05, 4.69) is 49.3 Å². The first-order valence-corrected chi connectivity index (χ1v) is 14.3. The highest BCUT2D eigenvalue weighted by Gasteiger charge is 2.20. The number of pyridine rings is 2. The molecule has 2 fully saturated rings. The number of hydrogen-bond donors (Lipinski definition) is 1. The number of piperazine rings is 1. The summed E-state index contributed by atoms with van der Waals surface area (Å²) in [5, 5.41) is 0. The summed E-state index contributed by atoms with van der Waals surface area (Å²) < 4.78 is 29.4. The van der Waals surface area contributed by atoms with Crippen molar-refractivity contribution in [3.8, 4) is 17.0 Å². The Kier molecular flexibility index (Phi) is 9.18. The van der Waals surface area contributed by atoms with Crippen LogP contribution in [0.25, 0.3) is 11.1 Å². The Balaban J connectivity index is 1.24. The zero-order valence-electron chi connectivity index (χ0n) is 22.9. The molecule has 1 aromatic carbocycles.